The first kappa shape index (κ1) is 2.60. The van der Waals surface area contributed by atoms with Crippen LogP contribution < -0.4 is 5.46 Å². The van der Waals surface area contributed by atoms with Crippen LogP contribution in [-0.4, -0.2) is 17.2 Å². The Morgan fingerprint density at radius 2 is 2.17 bits per heavy atom. The summed E-state index contributed by atoms with van der Waals surface area (Å²) in [6, 6.07) is -3.23. The first-order valence-corrected chi connectivity index (χ1v) is 3.31. The molecule has 0 aliphatic heterocycles. The standard InChI is InChI=1S/C9H11BO2/c11-10(12)9-4-2-1-3-8(9)7-5-6-7/h1-4,7,11-12H,5-6H2/i1D,2D,3D,4D,5D2,6D2,7D. The highest BCUT2D eigenvalue weighted by Gasteiger charge is 2.28. The molecular formula is C9H11BO2. The highest BCUT2D eigenvalue weighted by Crippen LogP contribution is 2.38. The Morgan fingerprint density at radius 1 is 1.50 bits per heavy atom. The van der Waals surface area contributed by atoms with E-state index in [4.69, 9.17) is 12.3 Å². The Balaban J connectivity index is 2.89. The lowest BCUT2D eigenvalue weighted by molar-refractivity contribution is 0.425. The van der Waals surface area contributed by atoms with Crippen LogP contribution in [0.1, 0.15) is 36.5 Å². The molecule has 3 heteroatoms. The normalized spacial score (nSPS) is 38.0. The number of hydrogen-bond acceptors (Lipinski definition) is 2. The minimum atomic E-state index is -2.72. The molecule has 0 heterocycles. The molecule has 0 radical (unpaired) electrons. The summed E-state index contributed by atoms with van der Waals surface area (Å²) in [7, 11) is -2.38. The van der Waals surface area contributed by atoms with Crippen LogP contribution in [0.5, 0.6) is 0 Å². The minimum absolute atomic E-state index is 0.765. The van der Waals surface area contributed by atoms with Crippen LogP contribution in [0.4, 0.5) is 0 Å². The van der Waals surface area contributed by atoms with Crippen molar-refractivity contribution < 1.29 is 22.4 Å². The second-order valence-corrected chi connectivity index (χ2v) is 2.29. The van der Waals surface area contributed by atoms with Crippen molar-refractivity contribution in [1.29, 1.82) is 0 Å². The van der Waals surface area contributed by atoms with Crippen LogP contribution >= 0.6 is 0 Å². The molecule has 1 saturated carbocycles. The maximum Gasteiger partial charge on any atom is 0.488 e. The summed E-state index contributed by atoms with van der Waals surface area (Å²) in [4.78, 5) is 0. The summed E-state index contributed by atoms with van der Waals surface area (Å²) in [6.45, 7) is 0. The van der Waals surface area contributed by atoms with E-state index in [-0.39, 0.29) is 0 Å². The van der Waals surface area contributed by atoms with E-state index in [0.717, 1.165) is 0 Å². The highest BCUT2D eigenvalue weighted by molar-refractivity contribution is 6.59. The van der Waals surface area contributed by atoms with Gasteiger partial charge in [0.25, 0.3) is 0 Å². The van der Waals surface area contributed by atoms with Gasteiger partial charge in [-0.1, -0.05) is 24.2 Å². The first-order chi connectivity index (χ1) is 9.34. The second-order valence-electron chi connectivity index (χ2n) is 2.29. The van der Waals surface area contributed by atoms with E-state index in [1.54, 1.807) is 0 Å². The van der Waals surface area contributed by atoms with E-state index in [1.807, 2.05) is 0 Å². The lowest BCUT2D eigenvalue weighted by Crippen LogP contribution is -2.32. The Morgan fingerprint density at radius 3 is 2.75 bits per heavy atom. The molecule has 1 aromatic carbocycles. The van der Waals surface area contributed by atoms with Crippen molar-refractivity contribution in [2.45, 2.75) is 18.6 Å². The lowest BCUT2D eigenvalue weighted by atomic mass is 9.76. The van der Waals surface area contributed by atoms with Gasteiger partial charge in [0.15, 0.2) is 0 Å². The molecule has 0 spiro atoms. The fourth-order valence-electron chi connectivity index (χ4n) is 0.869. The molecule has 62 valence electrons. The van der Waals surface area contributed by atoms with Gasteiger partial charge in [0.05, 0.1) is 5.48 Å². The Labute approximate surface area is 84.6 Å². The molecule has 0 unspecified atom stereocenters. The summed E-state index contributed by atoms with van der Waals surface area (Å²) in [5.74, 6) is -2.64. The molecule has 0 bridgehead atoms. The third-order valence-electron chi connectivity index (χ3n) is 1.47. The van der Waals surface area contributed by atoms with Gasteiger partial charge in [-0.2, -0.15) is 0 Å². The molecule has 1 aliphatic rings. The summed E-state index contributed by atoms with van der Waals surface area (Å²) >= 11 is 0. The smallest absolute Gasteiger partial charge is 0.423 e. The van der Waals surface area contributed by atoms with Crippen molar-refractivity contribution in [3.05, 3.63) is 29.7 Å². The highest BCUT2D eigenvalue weighted by atomic mass is 16.4. The van der Waals surface area contributed by atoms with Crippen molar-refractivity contribution in [3.8, 4) is 0 Å². The molecule has 2 rings (SSSR count). The summed E-state index contributed by atoms with van der Waals surface area (Å²) in [5.41, 5.74) is -1.54. The fraction of sp³-hybridized carbons (Fsp3) is 0.333. The zero-order valence-electron chi connectivity index (χ0n) is 15.0. The van der Waals surface area contributed by atoms with Gasteiger partial charge in [0.1, 0.15) is 0 Å². The van der Waals surface area contributed by atoms with Crippen LogP contribution in [0.3, 0.4) is 0 Å². The number of rotatable bonds is 2. The van der Waals surface area contributed by atoms with Gasteiger partial charge in [-0.15, -0.1) is 0 Å². The van der Waals surface area contributed by atoms with Gasteiger partial charge in [-0.25, -0.2) is 0 Å². The second kappa shape index (κ2) is 2.92. The third-order valence-corrected chi connectivity index (χ3v) is 1.47. The lowest BCUT2D eigenvalue weighted by Gasteiger charge is -2.05. The summed E-state index contributed by atoms with van der Waals surface area (Å²) in [5, 5.41) is 18.7. The monoisotopic (exact) mass is 171 g/mol. The SMILES string of the molecule is [2H]c1c([2H])c([2H])c(C2([2H])C([2H])([2H])C2([2H])[2H])c(B(O)O)c1[2H]. The Kier molecular flexibility index (Phi) is 0.632. The molecule has 12 heavy (non-hydrogen) atoms. The van der Waals surface area contributed by atoms with Gasteiger partial charge in [-0.05, 0) is 29.7 Å². The average molecular weight is 171 g/mol. The summed E-state index contributed by atoms with van der Waals surface area (Å²) < 4.78 is 68.6. The van der Waals surface area contributed by atoms with E-state index >= 15 is 0 Å². The predicted octanol–water partition coefficient (Wildman–Crippen LogP) is 0.244. The molecule has 2 nitrogen and oxygen atoms in total. The van der Waals surface area contributed by atoms with Gasteiger partial charge in [-0.3, -0.25) is 0 Å². The van der Waals surface area contributed by atoms with Crippen molar-refractivity contribution in [3.63, 3.8) is 0 Å². The molecule has 0 saturated heterocycles. The van der Waals surface area contributed by atoms with E-state index in [1.165, 1.54) is 0 Å². The van der Waals surface area contributed by atoms with Gasteiger partial charge < -0.3 is 10.0 Å². The van der Waals surface area contributed by atoms with Crippen molar-refractivity contribution >= 4 is 12.6 Å². The van der Waals surface area contributed by atoms with Gasteiger partial charge >= 0.3 is 7.12 Å². The predicted molar refractivity (Wildman–Crippen MR) is 48.2 cm³/mol. The number of benzene rings is 1. The average Bonchev–Trinajstić information content (AvgIpc) is 2.68. The van der Waals surface area contributed by atoms with E-state index in [0.29, 0.717) is 0 Å². The molecule has 1 aromatic rings. The van der Waals surface area contributed by atoms with Crippen molar-refractivity contribution in [2.75, 3.05) is 0 Å². The van der Waals surface area contributed by atoms with Gasteiger partial charge in [0.2, 0.25) is 0 Å². The molecule has 1 aliphatic carbocycles. The quantitative estimate of drug-likeness (QED) is 0.626. The maximum absolute atomic E-state index is 9.34. The minimum Gasteiger partial charge on any atom is -0.423 e. The van der Waals surface area contributed by atoms with Crippen LogP contribution in [0, 0.1) is 0 Å². The van der Waals surface area contributed by atoms with E-state index in [9.17, 15) is 10.0 Å². The zero-order valence-corrected chi connectivity index (χ0v) is 5.97. The maximum atomic E-state index is 9.34. The first-order valence-electron chi connectivity index (χ1n) is 7.81. The molecule has 2 N–H and O–H groups in total. The van der Waals surface area contributed by atoms with Crippen LogP contribution in [0.2, 0.25) is 0 Å². The Hall–Kier alpha value is -0.795. The zero-order chi connectivity index (χ0) is 16.5. The molecule has 1 fully saturated rings. The third kappa shape index (κ3) is 1.38. The largest absolute Gasteiger partial charge is 0.488 e. The van der Waals surface area contributed by atoms with Crippen LogP contribution in [0.25, 0.3) is 0 Å². The van der Waals surface area contributed by atoms with Crippen molar-refractivity contribution in [1.82, 2.24) is 0 Å². The Bertz CT molecular complexity index is 616. The van der Waals surface area contributed by atoms with Crippen LogP contribution in [0.15, 0.2) is 24.2 Å². The van der Waals surface area contributed by atoms with E-state index < -0.39 is 61.0 Å². The van der Waals surface area contributed by atoms with Crippen LogP contribution in [-0.2, 0) is 0 Å². The fourth-order valence-corrected chi connectivity index (χ4v) is 0.869. The molecule has 0 amide bonds. The molecule has 0 atom stereocenters. The molecular weight excluding hydrogens is 151 g/mol. The summed E-state index contributed by atoms with van der Waals surface area (Å²) in [6.07, 6.45) is -5.44. The van der Waals surface area contributed by atoms with Gasteiger partial charge in [0, 0.05) is 6.85 Å². The molecule has 0 aromatic heterocycles. The van der Waals surface area contributed by atoms with Crippen molar-refractivity contribution in [2.24, 2.45) is 0 Å². The van der Waals surface area contributed by atoms with E-state index in [2.05, 4.69) is 0 Å². The topological polar surface area (TPSA) is 40.5 Å². The number of hydrogen-bond donors (Lipinski definition) is 2.